The lowest BCUT2D eigenvalue weighted by atomic mass is 9.45. The molecule has 2 nitrogen and oxygen atoms in total. The second kappa shape index (κ2) is 2.96. The average Bonchev–Trinajstić information content (AvgIpc) is 2.16. The first-order chi connectivity index (χ1) is 6.07. The molecule has 76 valence electrons. The SMILES string of the molecule is CC1(C)[C@H]2CCC([C@@H](O)CN)[C@@H]1C2. The van der Waals surface area contributed by atoms with E-state index in [1.54, 1.807) is 0 Å². The Labute approximate surface area is 80.5 Å². The van der Waals surface area contributed by atoms with Crippen LogP contribution in [0.4, 0.5) is 0 Å². The van der Waals surface area contributed by atoms with Crippen molar-refractivity contribution in [2.45, 2.75) is 39.2 Å². The molecule has 0 aromatic carbocycles. The third-order valence-corrected chi connectivity index (χ3v) is 4.65. The van der Waals surface area contributed by atoms with Gasteiger partial charge in [-0.2, -0.15) is 0 Å². The standard InChI is InChI=1S/C11H21NO/c1-11(2)7-3-4-8(9(11)5-7)10(13)6-12/h7-10,13H,3-6,12H2,1-2H3/t7-,8?,9-,10-/m0/s1. The molecule has 0 radical (unpaired) electrons. The van der Waals surface area contributed by atoms with E-state index in [0.717, 1.165) is 11.8 Å². The van der Waals surface area contributed by atoms with E-state index in [9.17, 15) is 5.11 Å². The maximum Gasteiger partial charge on any atom is 0.0693 e. The van der Waals surface area contributed by atoms with Gasteiger partial charge in [0.05, 0.1) is 6.10 Å². The molecule has 0 aromatic heterocycles. The van der Waals surface area contributed by atoms with Crippen LogP contribution in [0.15, 0.2) is 0 Å². The average molecular weight is 183 g/mol. The summed E-state index contributed by atoms with van der Waals surface area (Å²) >= 11 is 0. The van der Waals surface area contributed by atoms with Crippen LogP contribution in [0.5, 0.6) is 0 Å². The van der Waals surface area contributed by atoms with Gasteiger partial charge in [-0.3, -0.25) is 0 Å². The molecule has 0 aliphatic heterocycles. The van der Waals surface area contributed by atoms with Crippen molar-refractivity contribution in [3.05, 3.63) is 0 Å². The fourth-order valence-electron chi connectivity index (χ4n) is 3.50. The monoisotopic (exact) mass is 183 g/mol. The van der Waals surface area contributed by atoms with Crippen molar-refractivity contribution < 1.29 is 5.11 Å². The van der Waals surface area contributed by atoms with Crippen LogP contribution in [0.2, 0.25) is 0 Å². The molecule has 3 fully saturated rings. The summed E-state index contributed by atoms with van der Waals surface area (Å²) < 4.78 is 0. The summed E-state index contributed by atoms with van der Waals surface area (Å²) in [5, 5.41) is 9.78. The van der Waals surface area contributed by atoms with Crippen LogP contribution in [-0.4, -0.2) is 17.8 Å². The summed E-state index contributed by atoms with van der Waals surface area (Å²) in [6.07, 6.45) is 3.56. The van der Waals surface area contributed by atoms with E-state index in [4.69, 9.17) is 5.73 Å². The third kappa shape index (κ3) is 1.23. The summed E-state index contributed by atoms with van der Waals surface area (Å²) in [5.74, 6) is 2.12. The van der Waals surface area contributed by atoms with Crippen LogP contribution in [0.3, 0.4) is 0 Å². The molecule has 0 aromatic rings. The van der Waals surface area contributed by atoms with Crippen LogP contribution in [-0.2, 0) is 0 Å². The lowest BCUT2D eigenvalue weighted by molar-refractivity contribution is -0.135. The second-order valence-corrected chi connectivity index (χ2v) is 5.40. The van der Waals surface area contributed by atoms with E-state index in [1.807, 2.05) is 0 Å². The molecule has 2 heteroatoms. The van der Waals surface area contributed by atoms with Gasteiger partial charge in [0.25, 0.3) is 0 Å². The fraction of sp³-hybridized carbons (Fsp3) is 1.00. The number of hydrogen-bond acceptors (Lipinski definition) is 2. The highest BCUT2D eigenvalue weighted by Gasteiger charge is 2.55. The Balaban J connectivity index is 2.07. The van der Waals surface area contributed by atoms with E-state index in [2.05, 4.69) is 13.8 Å². The molecule has 3 aliphatic rings. The predicted molar refractivity (Wildman–Crippen MR) is 53.2 cm³/mol. The predicted octanol–water partition coefficient (Wildman–Crippen LogP) is 1.38. The van der Waals surface area contributed by atoms with Crippen molar-refractivity contribution in [3.8, 4) is 0 Å². The largest absolute Gasteiger partial charge is 0.392 e. The Morgan fingerprint density at radius 3 is 2.62 bits per heavy atom. The highest BCUT2D eigenvalue weighted by molar-refractivity contribution is 5.04. The zero-order chi connectivity index (χ0) is 9.64. The van der Waals surface area contributed by atoms with Crippen molar-refractivity contribution in [3.63, 3.8) is 0 Å². The van der Waals surface area contributed by atoms with Gasteiger partial charge in [0.15, 0.2) is 0 Å². The minimum atomic E-state index is -0.259. The van der Waals surface area contributed by atoms with Gasteiger partial charge >= 0.3 is 0 Å². The highest BCUT2D eigenvalue weighted by Crippen LogP contribution is 2.61. The summed E-state index contributed by atoms with van der Waals surface area (Å²) in [6.45, 7) is 5.13. The Bertz CT molecular complexity index is 200. The molecule has 0 saturated heterocycles. The number of hydrogen-bond donors (Lipinski definition) is 2. The number of aliphatic hydroxyl groups is 1. The van der Waals surface area contributed by atoms with Crippen molar-refractivity contribution in [2.24, 2.45) is 28.9 Å². The molecule has 3 aliphatic carbocycles. The second-order valence-electron chi connectivity index (χ2n) is 5.40. The van der Waals surface area contributed by atoms with Crippen LogP contribution in [0.25, 0.3) is 0 Å². The maximum atomic E-state index is 9.78. The molecule has 3 N–H and O–H groups in total. The smallest absolute Gasteiger partial charge is 0.0693 e. The van der Waals surface area contributed by atoms with E-state index in [0.29, 0.717) is 17.9 Å². The molecule has 0 amide bonds. The Kier molecular flexibility index (Phi) is 2.16. The first-order valence-electron chi connectivity index (χ1n) is 5.45. The van der Waals surface area contributed by atoms with Gasteiger partial charge < -0.3 is 10.8 Å². The first kappa shape index (κ1) is 9.47. The van der Waals surface area contributed by atoms with E-state index >= 15 is 0 Å². The molecule has 4 atom stereocenters. The molecule has 13 heavy (non-hydrogen) atoms. The highest BCUT2D eigenvalue weighted by atomic mass is 16.3. The molecule has 1 unspecified atom stereocenters. The molecule has 2 bridgehead atoms. The Morgan fingerprint density at radius 2 is 2.15 bits per heavy atom. The third-order valence-electron chi connectivity index (χ3n) is 4.65. The molecular weight excluding hydrogens is 162 g/mol. The summed E-state index contributed by atoms with van der Waals surface area (Å²) in [4.78, 5) is 0. The lowest BCUT2D eigenvalue weighted by Gasteiger charge is -2.61. The normalized spacial score (nSPS) is 43.8. The number of aliphatic hydroxyl groups excluding tert-OH is 1. The van der Waals surface area contributed by atoms with E-state index in [1.165, 1.54) is 19.3 Å². The zero-order valence-electron chi connectivity index (χ0n) is 8.66. The lowest BCUT2D eigenvalue weighted by Crippen LogP contribution is -2.55. The van der Waals surface area contributed by atoms with Crippen LogP contribution >= 0.6 is 0 Å². The van der Waals surface area contributed by atoms with Crippen LogP contribution in [0, 0.1) is 23.2 Å². The van der Waals surface area contributed by atoms with Crippen LogP contribution in [0.1, 0.15) is 33.1 Å². The van der Waals surface area contributed by atoms with E-state index < -0.39 is 0 Å². The van der Waals surface area contributed by atoms with Crippen molar-refractivity contribution in [1.29, 1.82) is 0 Å². The molecule has 3 saturated carbocycles. The van der Waals surface area contributed by atoms with E-state index in [-0.39, 0.29) is 6.10 Å². The van der Waals surface area contributed by atoms with Gasteiger partial charge in [0, 0.05) is 6.54 Å². The summed E-state index contributed by atoms with van der Waals surface area (Å²) in [5.41, 5.74) is 5.99. The van der Waals surface area contributed by atoms with Crippen molar-refractivity contribution >= 4 is 0 Å². The zero-order valence-corrected chi connectivity index (χ0v) is 8.66. The fourth-order valence-corrected chi connectivity index (χ4v) is 3.50. The topological polar surface area (TPSA) is 46.2 Å². The van der Waals surface area contributed by atoms with Gasteiger partial charge in [0.1, 0.15) is 0 Å². The van der Waals surface area contributed by atoms with Gasteiger partial charge in [-0.1, -0.05) is 13.8 Å². The summed E-state index contributed by atoms with van der Waals surface area (Å²) in [7, 11) is 0. The summed E-state index contributed by atoms with van der Waals surface area (Å²) in [6, 6.07) is 0. The number of nitrogens with two attached hydrogens (primary N) is 1. The quantitative estimate of drug-likeness (QED) is 0.679. The number of fused-ring (bicyclic) bond motifs is 2. The van der Waals surface area contributed by atoms with Crippen molar-refractivity contribution in [1.82, 2.24) is 0 Å². The van der Waals surface area contributed by atoms with Crippen LogP contribution < -0.4 is 5.73 Å². The van der Waals surface area contributed by atoms with Gasteiger partial charge in [-0.15, -0.1) is 0 Å². The minimum absolute atomic E-state index is 0.259. The molecule has 0 spiro atoms. The molecular formula is C11H21NO. The Hall–Kier alpha value is -0.0800. The van der Waals surface area contributed by atoms with Gasteiger partial charge in [0.2, 0.25) is 0 Å². The number of rotatable bonds is 2. The molecule has 3 rings (SSSR count). The van der Waals surface area contributed by atoms with Gasteiger partial charge in [-0.05, 0) is 42.4 Å². The van der Waals surface area contributed by atoms with Gasteiger partial charge in [-0.25, -0.2) is 0 Å². The Morgan fingerprint density at radius 1 is 1.46 bits per heavy atom. The molecule has 0 heterocycles. The minimum Gasteiger partial charge on any atom is -0.392 e. The van der Waals surface area contributed by atoms with Crippen molar-refractivity contribution in [2.75, 3.05) is 6.54 Å². The first-order valence-corrected chi connectivity index (χ1v) is 5.45. The maximum absolute atomic E-state index is 9.78.